The third-order valence-electron chi connectivity index (χ3n) is 7.35. The zero-order valence-corrected chi connectivity index (χ0v) is 30.5. The summed E-state index contributed by atoms with van der Waals surface area (Å²) in [5.74, 6) is 2.35. The first-order valence-corrected chi connectivity index (χ1v) is 16.8. The summed E-state index contributed by atoms with van der Waals surface area (Å²) in [6.45, 7) is 8.64. The second-order valence-electron chi connectivity index (χ2n) is 10.8. The van der Waals surface area contributed by atoms with E-state index in [0.29, 0.717) is 59.4 Å². The van der Waals surface area contributed by atoms with Crippen LogP contribution >= 0.6 is 55.1 Å². The van der Waals surface area contributed by atoms with E-state index in [1.807, 2.05) is 50.2 Å². The Balaban J connectivity index is 1.63. The number of aromatic nitrogens is 2. The standard InChI is InChI=1S/C35H31Br2Cl2N3O4/c1-6-45-30-14-22(31(36)32(37)33(30)46-18-21-11-12-23(38)15-27(21)39)17-40-42-34(41-28-10-8-7-9-24(28)35(42)43)26-16-25(19(2)3)29(44-5)13-20(26)4/h7-17,19H,6,18H2,1-5H3. The van der Waals surface area contributed by atoms with E-state index in [1.165, 1.54) is 4.68 Å². The van der Waals surface area contributed by atoms with E-state index in [4.69, 9.17) is 47.5 Å². The molecule has 5 rings (SSSR count). The molecule has 1 aromatic heterocycles. The van der Waals surface area contributed by atoms with Crippen LogP contribution in [0.15, 0.2) is 79.5 Å². The van der Waals surface area contributed by atoms with Gasteiger partial charge in [-0.05, 0) is 105 Å². The maximum absolute atomic E-state index is 13.9. The van der Waals surface area contributed by atoms with Crippen molar-refractivity contribution in [2.45, 2.75) is 40.2 Å². The zero-order valence-electron chi connectivity index (χ0n) is 25.8. The molecule has 5 aromatic rings. The Kier molecular flexibility index (Phi) is 10.8. The van der Waals surface area contributed by atoms with Gasteiger partial charge in [-0.3, -0.25) is 4.79 Å². The minimum Gasteiger partial charge on any atom is -0.496 e. The minimum atomic E-state index is -0.293. The summed E-state index contributed by atoms with van der Waals surface area (Å²) >= 11 is 19.8. The molecule has 0 saturated heterocycles. The number of nitrogens with zero attached hydrogens (tertiary/aromatic N) is 3. The van der Waals surface area contributed by atoms with E-state index in [2.05, 4.69) is 45.7 Å². The Morgan fingerprint density at radius 3 is 2.46 bits per heavy atom. The van der Waals surface area contributed by atoms with Crippen molar-refractivity contribution in [2.24, 2.45) is 5.10 Å². The van der Waals surface area contributed by atoms with Gasteiger partial charge in [0.1, 0.15) is 12.4 Å². The molecule has 0 atom stereocenters. The molecule has 0 fully saturated rings. The number of halogens is 4. The molecule has 0 aliphatic heterocycles. The summed E-state index contributed by atoms with van der Waals surface area (Å²) < 4.78 is 20.4. The lowest BCUT2D eigenvalue weighted by Crippen LogP contribution is -2.21. The first kappa shape index (κ1) is 34.0. The Morgan fingerprint density at radius 1 is 1.00 bits per heavy atom. The molecule has 7 nitrogen and oxygen atoms in total. The molecule has 0 bridgehead atoms. The average Bonchev–Trinajstić information content (AvgIpc) is 3.03. The Labute approximate surface area is 294 Å². The second-order valence-corrected chi connectivity index (χ2v) is 13.2. The van der Waals surface area contributed by atoms with E-state index in [9.17, 15) is 4.79 Å². The van der Waals surface area contributed by atoms with E-state index in [0.717, 1.165) is 28.0 Å². The number of methoxy groups -OCH3 is 1. The van der Waals surface area contributed by atoms with Gasteiger partial charge >= 0.3 is 0 Å². The van der Waals surface area contributed by atoms with Crippen molar-refractivity contribution < 1.29 is 14.2 Å². The first-order valence-electron chi connectivity index (χ1n) is 14.5. The van der Waals surface area contributed by atoms with Crippen LogP contribution in [0.25, 0.3) is 22.3 Å². The van der Waals surface area contributed by atoms with Crippen LogP contribution < -0.4 is 19.8 Å². The highest BCUT2D eigenvalue weighted by Gasteiger charge is 2.20. The van der Waals surface area contributed by atoms with Crippen LogP contribution in [0.3, 0.4) is 0 Å². The van der Waals surface area contributed by atoms with E-state index in [-0.39, 0.29) is 18.1 Å². The molecule has 0 amide bonds. The van der Waals surface area contributed by atoms with Gasteiger partial charge in [0.05, 0.1) is 35.3 Å². The number of benzene rings is 4. The SMILES string of the molecule is CCOc1cc(C=Nn2c(-c3cc(C(C)C)c(OC)cc3C)nc3ccccc3c2=O)c(Br)c(Br)c1OCc1ccc(Cl)cc1Cl. The summed E-state index contributed by atoms with van der Waals surface area (Å²) in [7, 11) is 1.66. The smallest absolute Gasteiger partial charge is 0.282 e. The molecule has 4 aromatic carbocycles. The Bertz CT molecular complexity index is 2030. The highest BCUT2D eigenvalue weighted by molar-refractivity contribution is 9.13. The summed E-state index contributed by atoms with van der Waals surface area (Å²) in [5, 5.41) is 6.22. The molecule has 11 heteroatoms. The summed E-state index contributed by atoms with van der Waals surface area (Å²) in [5.41, 5.74) is 4.39. The quantitative estimate of drug-likeness (QED) is 0.132. The summed E-state index contributed by atoms with van der Waals surface area (Å²) in [4.78, 5) is 18.9. The van der Waals surface area contributed by atoms with Gasteiger partial charge in [-0.25, -0.2) is 4.98 Å². The van der Waals surface area contributed by atoms with Crippen molar-refractivity contribution in [1.82, 2.24) is 9.66 Å². The van der Waals surface area contributed by atoms with Crippen molar-refractivity contribution in [3.05, 3.63) is 112 Å². The lowest BCUT2D eigenvalue weighted by atomic mass is 9.96. The predicted molar refractivity (Wildman–Crippen MR) is 194 cm³/mol. The molecule has 0 saturated carbocycles. The Morgan fingerprint density at radius 2 is 1.76 bits per heavy atom. The van der Waals surface area contributed by atoms with Gasteiger partial charge in [-0.1, -0.05) is 55.2 Å². The van der Waals surface area contributed by atoms with Gasteiger partial charge in [0.15, 0.2) is 17.3 Å². The van der Waals surface area contributed by atoms with Crippen molar-refractivity contribution in [3.8, 4) is 28.6 Å². The van der Waals surface area contributed by atoms with Crippen molar-refractivity contribution in [2.75, 3.05) is 13.7 Å². The zero-order chi connectivity index (χ0) is 33.1. The number of rotatable bonds is 10. The van der Waals surface area contributed by atoms with Crippen LogP contribution in [0.2, 0.25) is 10.0 Å². The van der Waals surface area contributed by atoms with E-state index in [1.54, 1.807) is 37.6 Å². The fourth-order valence-corrected chi connectivity index (χ4v) is 6.38. The molecule has 0 radical (unpaired) electrons. The van der Waals surface area contributed by atoms with Gasteiger partial charge in [0.25, 0.3) is 5.56 Å². The van der Waals surface area contributed by atoms with Crippen LogP contribution in [0.4, 0.5) is 0 Å². The van der Waals surface area contributed by atoms with Crippen LogP contribution in [-0.4, -0.2) is 29.6 Å². The normalized spacial score (nSPS) is 11.5. The second kappa shape index (κ2) is 14.6. The third kappa shape index (κ3) is 6.98. The highest BCUT2D eigenvalue weighted by atomic mass is 79.9. The number of hydrogen-bond donors (Lipinski definition) is 0. The third-order valence-corrected chi connectivity index (χ3v) is 10.1. The molecule has 1 heterocycles. The van der Waals surface area contributed by atoms with Crippen molar-refractivity contribution >= 4 is 72.2 Å². The first-order chi connectivity index (χ1) is 22.0. The summed E-state index contributed by atoms with van der Waals surface area (Å²) in [6, 6.07) is 18.3. The molecule has 0 unspecified atom stereocenters. The molecular formula is C35H31Br2Cl2N3O4. The van der Waals surface area contributed by atoms with Gasteiger partial charge in [0.2, 0.25) is 0 Å². The number of hydrogen-bond acceptors (Lipinski definition) is 6. The minimum absolute atomic E-state index is 0.181. The fourth-order valence-electron chi connectivity index (χ4n) is 4.98. The summed E-state index contributed by atoms with van der Waals surface area (Å²) in [6.07, 6.45) is 1.60. The maximum Gasteiger partial charge on any atom is 0.282 e. The van der Waals surface area contributed by atoms with Crippen molar-refractivity contribution in [3.63, 3.8) is 0 Å². The number of ether oxygens (including phenoxy) is 3. The van der Waals surface area contributed by atoms with Gasteiger partial charge < -0.3 is 14.2 Å². The largest absolute Gasteiger partial charge is 0.496 e. The van der Waals surface area contributed by atoms with Gasteiger partial charge in [-0.2, -0.15) is 9.78 Å². The van der Waals surface area contributed by atoms with Crippen LogP contribution in [0, 0.1) is 6.92 Å². The number of para-hydroxylation sites is 1. The molecular weight excluding hydrogens is 757 g/mol. The van der Waals surface area contributed by atoms with Crippen molar-refractivity contribution in [1.29, 1.82) is 0 Å². The number of aryl methyl sites for hydroxylation is 1. The van der Waals surface area contributed by atoms with E-state index >= 15 is 0 Å². The lowest BCUT2D eigenvalue weighted by Gasteiger charge is -2.18. The molecule has 0 spiro atoms. The lowest BCUT2D eigenvalue weighted by molar-refractivity contribution is 0.267. The molecule has 238 valence electrons. The number of fused-ring (bicyclic) bond motifs is 1. The molecule has 0 aliphatic rings. The predicted octanol–water partition coefficient (Wildman–Crippen LogP) is 10.2. The van der Waals surface area contributed by atoms with Crippen LogP contribution in [0.1, 0.15) is 48.9 Å². The monoisotopic (exact) mass is 785 g/mol. The Hall–Kier alpha value is -3.37. The molecule has 46 heavy (non-hydrogen) atoms. The molecule has 0 N–H and O–H groups in total. The van der Waals surface area contributed by atoms with Crippen LogP contribution in [0.5, 0.6) is 17.2 Å². The topological polar surface area (TPSA) is 74.9 Å². The van der Waals surface area contributed by atoms with E-state index < -0.39 is 0 Å². The maximum atomic E-state index is 13.9. The van der Waals surface area contributed by atoms with Gasteiger partial charge in [0, 0.05) is 31.2 Å². The molecule has 0 aliphatic carbocycles. The average molecular weight is 788 g/mol. The highest BCUT2D eigenvalue weighted by Crippen LogP contribution is 2.43. The van der Waals surface area contributed by atoms with Gasteiger partial charge in [-0.15, -0.1) is 0 Å². The fraction of sp³-hybridized carbons (Fsp3) is 0.229. The van der Waals surface area contributed by atoms with Crippen LogP contribution in [-0.2, 0) is 6.61 Å².